The van der Waals surface area contributed by atoms with Gasteiger partial charge in [0, 0.05) is 32.6 Å². The summed E-state index contributed by atoms with van der Waals surface area (Å²) in [6, 6.07) is 7.20. The lowest BCUT2D eigenvalue weighted by Crippen LogP contribution is -2.51. The van der Waals surface area contributed by atoms with Crippen molar-refractivity contribution in [2.24, 2.45) is 16.8 Å². The highest BCUT2D eigenvalue weighted by molar-refractivity contribution is 5.96. The third kappa shape index (κ3) is 5.65. The molecule has 3 amide bonds. The zero-order valence-electron chi connectivity index (χ0n) is 23.2. The molecule has 2 saturated heterocycles. The van der Waals surface area contributed by atoms with Crippen LogP contribution in [0.5, 0.6) is 0 Å². The smallest absolute Gasteiger partial charge is 0.416 e. The van der Waals surface area contributed by atoms with Gasteiger partial charge in [0.05, 0.1) is 23.2 Å². The second-order valence-electron chi connectivity index (χ2n) is 11.1. The molecule has 3 aliphatic rings. The third-order valence-corrected chi connectivity index (χ3v) is 8.52. The molecule has 0 aromatic heterocycles. The maximum atomic E-state index is 14.0. The number of carbonyl (C=O) groups is 2. The van der Waals surface area contributed by atoms with Gasteiger partial charge in [-0.05, 0) is 61.1 Å². The number of rotatable bonds is 3. The number of amidine groups is 1. The molecule has 0 bridgehead atoms. The van der Waals surface area contributed by atoms with Crippen molar-refractivity contribution in [2.75, 3.05) is 33.3 Å². The summed E-state index contributed by atoms with van der Waals surface area (Å²) in [6.07, 6.45) is -9.38. The van der Waals surface area contributed by atoms with E-state index in [9.17, 15) is 35.9 Å². The van der Waals surface area contributed by atoms with E-state index in [1.54, 1.807) is 4.90 Å². The minimum Gasteiger partial charge on any atom is -0.455 e. The Bertz CT molecular complexity index is 1380. The van der Waals surface area contributed by atoms with Gasteiger partial charge in [-0.25, -0.2) is 4.79 Å². The Kier molecular flexibility index (Phi) is 7.65. The lowest BCUT2D eigenvalue weighted by atomic mass is 9.78. The van der Waals surface area contributed by atoms with Crippen LogP contribution in [-0.2, 0) is 21.9 Å². The molecule has 2 unspecified atom stereocenters. The average molecular weight is 597 g/mol. The van der Waals surface area contributed by atoms with Crippen LogP contribution in [0.2, 0.25) is 0 Å². The van der Waals surface area contributed by atoms with Gasteiger partial charge in [0.25, 0.3) is 11.9 Å². The van der Waals surface area contributed by atoms with Gasteiger partial charge in [0.2, 0.25) is 0 Å². The van der Waals surface area contributed by atoms with Crippen molar-refractivity contribution in [2.45, 2.75) is 44.7 Å². The zero-order chi connectivity index (χ0) is 30.6. The highest BCUT2D eigenvalue weighted by Crippen LogP contribution is 2.46. The first-order chi connectivity index (χ1) is 19.6. The summed E-state index contributed by atoms with van der Waals surface area (Å²) >= 11 is 0. The minimum absolute atomic E-state index is 0.0782. The summed E-state index contributed by atoms with van der Waals surface area (Å²) in [7, 11) is 1.38. The summed E-state index contributed by atoms with van der Waals surface area (Å²) in [4.78, 5) is 34.4. The van der Waals surface area contributed by atoms with Gasteiger partial charge in [-0.15, -0.1) is 0 Å². The van der Waals surface area contributed by atoms with Crippen molar-refractivity contribution in [1.82, 2.24) is 14.7 Å². The monoisotopic (exact) mass is 596 g/mol. The molecule has 42 heavy (non-hydrogen) atoms. The third-order valence-electron chi connectivity index (χ3n) is 8.52. The molecule has 0 radical (unpaired) electrons. The number of amides is 3. The van der Waals surface area contributed by atoms with E-state index in [1.165, 1.54) is 18.9 Å². The van der Waals surface area contributed by atoms with Crippen LogP contribution >= 0.6 is 0 Å². The molecular weight excluding hydrogens is 566 g/mol. The van der Waals surface area contributed by atoms with Crippen molar-refractivity contribution < 1.29 is 40.7 Å². The van der Waals surface area contributed by atoms with Crippen molar-refractivity contribution in [1.29, 1.82) is 0 Å². The number of piperidine rings is 1. The first-order valence-corrected chi connectivity index (χ1v) is 13.5. The molecule has 0 N–H and O–H groups in total. The fourth-order valence-corrected chi connectivity index (χ4v) is 6.19. The Labute approximate surface area is 238 Å². The summed E-state index contributed by atoms with van der Waals surface area (Å²) in [5, 5.41) is 0. The predicted octanol–water partition coefficient (Wildman–Crippen LogP) is 6.05. The van der Waals surface area contributed by atoms with Crippen LogP contribution in [0.3, 0.4) is 0 Å². The van der Waals surface area contributed by atoms with Crippen LogP contribution in [-0.4, -0.2) is 65.9 Å². The highest BCUT2D eigenvalue weighted by atomic mass is 19.4. The number of halogens is 6. The number of hydrogen-bond donors (Lipinski definition) is 0. The van der Waals surface area contributed by atoms with E-state index < -0.39 is 41.6 Å². The molecule has 7 nitrogen and oxygen atoms in total. The number of alkyl halides is 6. The van der Waals surface area contributed by atoms with Gasteiger partial charge in [0.15, 0.2) is 6.61 Å². The molecule has 3 heterocycles. The number of ether oxygens (including phenoxy) is 1. The van der Waals surface area contributed by atoms with Gasteiger partial charge in [0.1, 0.15) is 0 Å². The number of aryl methyl sites for hydroxylation is 1. The maximum Gasteiger partial charge on any atom is 0.416 e. The van der Waals surface area contributed by atoms with Crippen LogP contribution in [0.1, 0.15) is 53.2 Å². The molecule has 0 saturated carbocycles. The van der Waals surface area contributed by atoms with Crippen LogP contribution < -0.4 is 0 Å². The molecule has 2 aromatic rings. The minimum atomic E-state index is -5.00. The summed E-state index contributed by atoms with van der Waals surface area (Å²) < 4.78 is 86.6. The first kappa shape index (κ1) is 29.7. The SMILES string of the molecule is Cc1ccccc1C1C2CN(C3=NC(=O)CO3)C[C@H]2CCN1C(=O)N(C)[C@H](C)c1cc(C(F)(F)F)cc(C(F)(F)F)c1. The van der Waals surface area contributed by atoms with Crippen molar-refractivity contribution >= 4 is 18.0 Å². The normalized spacial score (nSPS) is 23.4. The molecule has 4 atom stereocenters. The van der Waals surface area contributed by atoms with Gasteiger partial charge < -0.3 is 19.4 Å². The Hall–Kier alpha value is -3.77. The molecule has 3 aliphatic heterocycles. The lowest BCUT2D eigenvalue weighted by molar-refractivity contribution is -0.143. The number of hydrogen-bond acceptors (Lipinski definition) is 4. The number of nitrogens with zero attached hydrogens (tertiary/aromatic N) is 4. The van der Waals surface area contributed by atoms with Crippen molar-refractivity contribution in [3.63, 3.8) is 0 Å². The molecular formula is C29H30F6N4O3. The molecule has 0 spiro atoms. The Morgan fingerprint density at radius 2 is 1.69 bits per heavy atom. The summed E-state index contributed by atoms with van der Waals surface area (Å²) in [5.74, 6) is -0.313. The lowest BCUT2D eigenvalue weighted by Gasteiger charge is -2.45. The molecule has 226 valence electrons. The molecule has 2 fully saturated rings. The maximum absolute atomic E-state index is 14.0. The Morgan fingerprint density at radius 1 is 1.05 bits per heavy atom. The van der Waals surface area contributed by atoms with E-state index in [0.29, 0.717) is 38.2 Å². The van der Waals surface area contributed by atoms with E-state index in [1.807, 2.05) is 36.1 Å². The quantitative estimate of drug-likeness (QED) is 0.405. The number of carbonyl (C=O) groups excluding carboxylic acids is 2. The molecule has 2 aromatic carbocycles. The first-order valence-electron chi connectivity index (χ1n) is 13.5. The number of aliphatic imine (C=N–C) groups is 1. The number of benzene rings is 2. The van der Waals surface area contributed by atoms with Crippen molar-refractivity contribution in [3.05, 3.63) is 70.3 Å². The topological polar surface area (TPSA) is 65.5 Å². The summed E-state index contributed by atoms with van der Waals surface area (Å²) in [6.45, 7) is 4.57. The second kappa shape index (κ2) is 10.8. The van der Waals surface area contributed by atoms with Crippen LogP contribution in [0, 0.1) is 18.8 Å². The van der Waals surface area contributed by atoms with E-state index >= 15 is 0 Å². The standard InChI is InChI=1S/C29H30F6N4O3/c1-16-6-4-5-7-22(16)25-23-14-38(26-36-24(40)15-42-26)13-18(23)8-9-39(25)27(41)37(3)17(2)19-10-20(28(30,31)32)12-21(11-19)29(33,34)35/h4-7,10-12,17-18,23,25H,8-9,13-15H2,1-3H3/t17-,18-,23?,25?/m1/s1. The fraction of sp³-hybridized carbons (Fsp3) is 0.483. The van der Waals surface area contributed by atoms with Crippen LogP contribution in [0.25, 0.3) is 0 Å². The molecule has 5 rings (SSSR count). The van der Waals surface area contributed by atoms with Crippen molar-refractivity contribution in [3.8, 4) is 0 Å². The molecule has 0 aliphatic carbocycles. The van der Waals surface area contributed by atoms with Crippen LogP contribution in [0.15, 0.2) is 47.5 Å². The second-order valence-corrected chi connectivity index (χ2v) is 11.1. The number of fused-ring (bicyclic) bond motifs is 1. The van der Waals surface area contributed by atoms with Gasteiger partial charge in [-0.3, -0.25) is 4.79 Å². The number of urea groups is 1. The van der Waals surface area contributed by atoms with E-state index in [-0.39, 0.29) is 42.0 Å². The summed E-state index contributed by atoms with van der Waals surface area (Å²) in [5.41, 5.74) is -1.30. The Balaban J connectivity index is 1.47. The van der Waals surface area contributed by atoms with Gasteiger partial charge >= 0.3 is 18.4 Å². The van der Waals surface area contributed by atoms with E-state index in [0.717, 1.165) is 11.1 Å². The predicted molar refractivity (Wildman–Crippen MR) is 140 cm³/mol. The number of likely N-dealkylation sites (tertiary alicyclic amines) is 2. The van der Waals surface area contributed by atoms with Gasteiger partial charge in [-0.1, -0.05) is 24.3 Å². The largest absolute Gasteiger partial charge is 0.455 e. The van der Waals surface area contributed by atoms with Gasteiger partial charge in [-0.2, -0.15) is 31.3 Å². The van der Waals surface area contributed by atoms with E-state index in [2.05, 4.69) is 4.99 Å². The zero-order valence-corrected chi connectivity index (χ0v) is 23.2. The fourth-order valence-electron chi connectivity index (χ4n) is 6.19. The molecule has 13 heteroatoms. The highest BCUT2D eigenvalue weighted by Gasteiger charge is 2.48. The van der Waals surface area contributed by atoms with Crippen LogP contribution in [0.4, 0.5) is 31.1 Å². The Morgan fingerprint density at radius 3 is 2.26 bits per heavy atom. The van der Waals surface area contributed by atoms with E-state index in [4.69, 9.17) is 4.74 Å². The average Bonchev–Trinajstić information content (AvgIpc) is 3.56.